The van der Waals surface area contributed by atoms with Crippen LogP contribution in [0.3, 0.4) is 0 Å². The highest BCUT2D eigenvalue weighted by Crippen LogP contribution is 2.28. The molecular formula is C17H24Cl3N2O2+. The standard InChI is InChI=1S/C17H23Cl3N2O2/c1-16(2,3)13-6-4-12(5-7-13)14(23)21-15(17(18,19)20)22-8-10-24-11-9-22/h4-7,15H,8-11H2,1-3H3,(H,21,23)/p+1/t15-/m1/s1. The second-order valence-corrected chi connectivity index (χ2v) is 9.41. The molecule has 0 saturated carbocycles. The number of benzene rings is 1. The number of hydrogen-bond donors (Lipinski definition) is 2. The molecule has 1 saturated heterocycles. The lowest BCUT2D eigenvalue weighted by atomic mass is 9.87. The molecule has 0 radical (unpaired) electrons. The summed E-state index contributed by atoms with van der Waals surface area (Å²) < 4.78 is 3.74. The Morgan fingerprint density at radius 2 is 1.67 bits per heavy atom. The number of halogens is 3. The number of amides is 1. The van der Waals surface area contributed by atoms with Crippen molar-refractivity contribution in [1.82, 2.24) is 5.32 Å². The summed E-state index contributed by atoms with van der Waals surface area (Å²) >= 11 is 18.3. The van der Waals surface area contributed by atoms with Gasteiger partial charge in [0.25, 0.3) is 9.70 Å². The van der Waals surface area contributed by atoms with Crippen LogP contribution in [-0.4, -0.2) is 42.2 Å². The Morgan fingerprint density at radius 3 is 2.12 bits per heavy atom. The van der Waals surface area contributed by atoms with Crippen LogP contribution in [0.2, 0.25) is 0 Å². The molecule has 1 fully saturated rings. The number of rotatable bonds is 3. The first kappa shape index (κ1) is 19.8. The number of carbonyl (C=O) groups excluding carboxylic acids is 1. The highest BCUT2D eigenvalue weighted by atomic mass is 35.6. The second kappa shape index (κ2) is 7.79. The fourth-order valence-electron chi connectivity index (χ4n) is 2.67. The van der Waals surface area contributed by atoms with Crippen molar-refractivity contribution < 1.29 is 14.4 Å². The first-order valence-electron chi connectivity index (χ1n) is 7.99. The minimum absolute atomic E-state index is 0.0348. The van der Waals surface area contributed by atoms with Crippen LogP contribution < -0.4 is 10.2 Å². The zero-order chi connectivity index (χ0) is 18.0. The fraction of sp³-hybridized carbons (Fsp3) is 0.588. The van der Waals surface area contributed by atoms with Crippen LogP contribution >= 0.6 is 34.8 Å². The third-order valence-electron chi connectivity index (χ3n) is 4.16. The molecular weight excluding hydrogens is 371 g/mol. The SMILES string of the molecule is CC(C)(C)c1ccc(C(=O)N[C@H]([NH+]2CCOCC2)C(Cl)(Cl)Cl)cc1. The Kier molecular flexibility index (Phi) is 6.43. The van der Waals surface area contributed by atoms with Crippen molar-refractivity contribution in [3.63, 3.8) is 0 Å². The Morgan fingerprint density at radius 1 is 1.12 bits per heavy atom. The lowest BCUT2D eigenvalue weighted by molar-refractivity contribution is -0.934. The molecule has 24 heavy (non-hydrogen) atoms. The van der Waals surface area contributed by atoms with E-state index in [1.807, 2.05) is 12.1 Å². The lowest BCUT2D eigenvalue weighted by Crippen LogP contribution is -3.21. The Bertz CT molecular complexity index is 559. The number of ether oxygens (including phenoxy) is 1. The largest absolute Gasteiger partial charge is 0.370 e. The van der Waals surface area contributed by atoms with E-state index in [9.17, 15) is 4.79 Å². The smallest absolute Gasteiger partial charge is 0.262 e. The molecule has 0 aromatic heterocycles. The Labute approximate surface area is 158 Å². The van der Waals surface area contributed by atoms with Gasteiger partial charge in [0.1, 0.15) is 13.1 Å². The molecule has 1 aromatic rings. The van der Waals surface area contributed by atoms with E-state index in [0.29, 0.717) is 31.9 Å². The molecule has 1 amide bonds. The summed E-state index contributed by atoms with van der Waals surface area (Å²) in [7, 11) is 0. The van der Waals surface area contributed by atoms with Crippen LogP contribution in [0, 0.1) is 0 Å². The van der Waals surface area contributed by atoms with Crippen molar-refractivity contribution in [2.75, 3.05) is 26.3 Å². The second-order valence-electron chi connectivity index (χ2n) is 7.05. The zero-order valence-electron chi connectivity index (χ0n) is 14.2. The number of hydrogen-bond acceptors (Lipinski definition) is 2. The summed E-state index contributed by atoms with van der Waals surface area (Å²) in [6.45, 7) is 8.92. The number of quaternary nitrogens is 1. The van der Waals surface area contributed by atoms with E-state index >= 15 is 0 Å². The van der Waals surface area contributed by atoms with Crippen molar-refractivity contribution in [2.45, 2.75) is 36.1 Å². The summed E-state index contributed by atoms with van der Waals surface area (Å²) in [5, 5.41) is 2.87. The van der Waals surface area contributed by atoms with Gasteiger partial charge >= 0.3 is 0 Å². The van der Waals surface area contributed by atoms with Gasteiger partial charge < -0.3 is 9.64 Å². The minimum Gasteiger partial charge on any atom is -0.370 e. The molecule has 1 atom stereocenters. The van der Waals surface area contributed by atoms with E-state index in [4.69, 9.17) is 39.5 Å². The molecule has 134 valence electrons. The van der Waals surface area contributed by atoms with Crippen molar-refractivity contribution in [3.8, 4) is 0 Å². The van der Waals surface area contributed by atoms with E-state index < -0.39 is 9.96 Å². The van der Waals surface area contributed by atoms with E-state index in [1.165, 1.54) is 0 Å². The molecule has 0 bridgehead atoms. The average Bonchev–Trinajstić information content (AvgIpc) is 2.51. The average molecular weight is 395 g/mol. The monoisotopic (exact) mass is 393 g/mol. The first-order valence-corrected chi connectivity index (χ1v) is 9.13. The third-order valence-corrected chi connectivity index (χ3v) is 4.81. The molecule has 1 aliphatic rings. The van der Waals surface area contributed by atoms with Gasteiger partial charge in [-0.2, -0.15) is 0 Å². The normalized spacial score (nSPS) is 18.2. The highest BCUT2D eigenvalue weighted by molar-refractivity contribution is 6.68. The maximum Gasteiger partial charge on any atom is 0.262 e. The van der Waals surface area contributed by atoms with E-state index in [-0.39, 0.29) is 11.3 Å². The molecule has 1 aliphatic heterocycles. The summed E-state index contributed by atoms with van der Waals surface area (Å²) in [4.78, 5) is 13.6. The number of morpholine rings is 1. The molecule has 2 N–H and O–H groups in total. The molecule has 2 rings (SSSR count). The fourth-order valence-corrected chi connectivity index (χ4v) is 3.30. The Hall–Kier alpha value is -0.520. The molecule has 0 spiro atoms. The van der Waals surface area contributed by atoms with E-state index in [0.717, 1.165) is 10.5 Å². The van der Waals surface area contributed by atoms with Gasteiger partial charge in [0.05, 0.1) is 13.2 Å². The number of nitrogens with one attached hydrogen (secondary N) is 2. The van der Waals surface area contributed by atoms with Crippen LogP contribution in [0.1, 0.15) is 36.7 Å². The van der Waals surface area contributed by atoms with E-state index in [1.54, 1.807) is 12.1 Å². The quantitative estimate of drug-likeness (QED) is 0.773. The van der Waals surface area contributed by atoms with Crippen molar-refractivity contribution >= 4 is 40.7 Å². The summed E-state index contributed by atoms with van der Waals surface area (Å²) in [6.07, 6.45) is -0.624. The van der Waals surface area contributed by atoms with Gasteiger partial charge in [-0.3, -0.25) is 10.1 Å². The highest BCUT2D eigenvalue weighted by Gasteiger charge is 2.42. The van der Waals surface area contributed by atoms with Gasteiger partial charge in [-0.1, -0.05) is 67.7 Å². The van der Waals surface area contributed by atoms with Crippen LogP contribution in [0.25, 0.3) is 0 Å². The van der Waals surface area contributed by atoms with Crippen LogP contribution in [0.15, 0.2) is 24.3 Å². The van der Waals surface area contributed by atoms with Gasteiger partial charge in [-0.05, 0) is 23.1 Å². The summed E-state index contributed by atoms with van der Waals surface area (Å²) in [6, 6.07) is 7.53. The lowest BCUT2D eigenvalue weighted by Gasteiger charge is -2.35. The van der Waals surface area contributed by atoms with Gasteiger partial charge in [-0.25, -0.2) is 0 Å². The zero-order valence-corrected chi connectivity index (χ0v) is 16.4. The topological polar surface area (TPSA) is 42.8 Å². The molecule has 0 unspecified atom stereocenters. The molecule has 0 aliphatic carbocycles. The van der Waals surface area contributed by atoms with Crippen LogP contribution in [-0.2, 0) is 10.2 Å². The predicted octanol–water partition coefficient (Wildman–Crippen LogP) is 2.33. The summed E-state index contributed by atoms with van der Waals surface area (Å²) in [5.74, 6) is -0.245. The van der Waals surface area contributed by atoms with Gasteiger partial charge in [-0.15, -0.1) is 0 Å². The maximum absolute atomic E-state index is 12.6. The molecule has 1 heterocycles. The van der Waals surface area contributed by atoms with Crippen LogP contribution in [0.4, 0.5) is 0 Å². The minimum atomic E-state index is -1.59. The van der Waals surface area contributed by atoms with Crippen molar-refractivity contribution in [2.24, 2.45) is 0 Å². The van der Waals surface area contributed by atoms with Gasteiger partial charge in [0.15, 0.2) is 0 Å². The van der Waals surface area contributed by atoms with Crippen LogP contribution in [0.5, 0.6) is 0 Å². The molecule has 4 nitrogen and oxygen atoms in total. The summed E-state index contributed by atoms with van der Waals surface area (Å²) in [5.41, 5.74) is 1.75. The Balaban J connectivity index is 2.12. The first-order chi connectivity index (χ1) is 11.1. The third kappa shape index (κ3) is 5.24. The number of alkyl halides is 3. The van der Waals surface area contributed by atoms with Crippen molar-refractivity contribution in [1.29, 1.82) is 0 Å². The van der Waals surface area contributed by atoms with Gasteiger partial charge in [0.2, 0.25) is 6.17 Å². The van der Waals surface area contributed by atoms with E-state index in [2.05, 4.69) is 26.1 Å². The maximum atomic E-state index is 12.6. The number of carbonyl (C=O) groups is 1. The molecule has 1 aromatic carbocycles. The molecule has 7 heteroatoms. The predicted molar refractivity (Wildman–Crippen MR) is 98.2 cm³/mol. The van der Waals surface area contributed by atoms with Gasteiger partial charge in [0, 0.05) is 5.56 Å². The van der Waals surface area contributed by atoms with Crippen molar-refractivity contribution in [3.05, 3.63) is 35.4 Å².